The van der Waals surface area contributed by atoms with E-state index in [2.05, 4.69) is 4.40 Å². The molecule has 0 bridgehead atoms. The summed E-state index contributed by atoms with van der Waals surface area (Å²) < 4.78 is 28.4. The fourth-order valence-corrected chi connectivity index (χ4v) is 3.98. The minimum atomic E-state index is -3.71. The molecule has 0 radical (unpaired) electrons. The summed E-state index contributed by atoms with van der Waals surface area (Å²) >= 11 is 1.42. The second-order valence-corrected chi connectivity index (χ2v) is 7.74. The second kappa shape index (κ2) is 6.98. The van der Waals surface area contributed by atoms with Crippen LogP contribution in [0.1, 0.15) is 5.56 Å². The minimum absolute atomic E-state index is 0.221. The van der Waals surface area contributed by atoms with Crippen LogP contribution in [0.25, 0.3) is 0 Å². The number of aryl methyl sites for hydroxylation is 1. The van der Waals surface area contributed by atoms with Gasteiger partial charge in [0.2, 0.25) is 0 Å². The van der Waals surface area contributed by atoms with Crippen molar-refractivity contribution in [3.63, 3.8) is 0 Å². The van der Waals surface area contributed by atoms with Crippen LogP contribution in [0.3, 0.4) is 0 Å². The van der Waals surface area contributed by atoms with E-state index in [4.69, 9.17) is 0 Å². The molecule has 0 heterocycles. The maximum absolute atomic E-state index is 12.4. The Bertz CT molecular complexity index is 767. The number of benzene rings is 2. The highest BCUT2D eigenvalue weighted by Gasteiger charge is 2.17. The number of nitrogens with zero attached hydrogens (tertiary/aromatic N) is 2. The van der Waals surface area contributed by atoms with Crippen LogP contribution in [-0.4, -0.2) is 33.8 Å². The van der Waals surface area contributed by atoms with Crippen LogP contribution < -0.4 is 0 Å². The Balaban J connectivity index is 2.36. The summed E-state index contributed by atoms with van der Waals surface area (Å²) in [5.41, 5.74) is 1.17. The Morgan fingerprint density at radius 1 is 1.05 bits per heavy atom. The Labute approximate surface area is 135 Å². The summed E-state index contributed by atoms with van der Waals surface area (Å²) in [5, 5.41) is 0. The van der Waals surface area contributed by atoms with Crippen LogP contribution in [-0.2, 0) is 10.0 Å². The van der Waals surface area contributed by atoms with Crippen molar-refractivity contribution in [2.75, 3.05) is 14.1 Å². The molecule has 116 valence electrons. The van der Waals surface area contributed by atoms with Crippen LogP contribution in [0, 0.1) is 6.92 Å². The van der Waals surface area contributed by atoms with Crippen molar-refractivity contribution in [1.82, 2.24) is 4.90 Å². The molecule has 22 heavy (non-hydrogen) atoms. The molecule has 0 aromatic heterocycles. The average Bonchev–Trinajstić information content (AvgIpc) is 2.48. The number of hydrogen-bond donors (Lipinski definition) is 0. The first-order valence-corrected chi connectivity index (χ1v) is 8.94. The molecule has 0 saturated heterocycles. The molecule has 0 aliphatic carbocycles. The van der Waals surface area contributed by atoms with Gasteiger partial charge < -0.3 is 4.90 Å². The predicted octanol–water partition coefficient (Wildman–Crippen LogP) is 3.42. The lowest BCUT2D eigenvalue weighted by Gasteiger charge is -2.08. The van der Waals surface area contributed by atoms with Gasteiger partial charge >= 0.3 is 0 Å². The van der Waals surface area contributed by atoms with Crippen molar-refractivity contribution < 1.29 is 8.42 Å². The van der Waals surface area contributed by atoms with Crippen LogP contribution in [0.4, 0.5) is 0 Å². The van der Waals surface area contributed by atoms with Gasteiger partial charge in [-0.3, -0.25) is 0 Å². The van der Waals surface area contributed by atoms with Crippen LogP contribution in [0.2, 0.25) is 0 Å². The van der Waals surface area contributed by atoms with E-state index in [9.17, 15) is 8.42 Å². The third-order valence-corrected chi connectivity index (χ3v) is 5.29. The molecule has 0 N–H and O–H groups in total. The van der Waals surface area contributed by atoms with E-state index < -0.39 is 10.0 Å². The third-order valence-electron chi connectivity index (χ3n) is 2.79. The topological polar surface area (TPSA) is 49.7 Å². The summed E-state index contributed by atoms with van der Waals surface area (Å²) in [6.45, 7) is 2.02. The van der Waals surface area contributed by atoms with Gasteiger partial charge in [-0.2, -0.15) is 8.42 Å². The quantitative estimate of drug-likeness (QED) is 0.621. The van der Waals surface area contributed by atoms with Gasteiger partial charge in [0.25, 0.3) is 10.0 Å². The zero-order chi connectivity index (χ0) is 16.2. The standard InChI is InChI=1S/C16H18N2O2S2/c1-13-8-10-14(11-9-13)21-15-6-4-5-7-16(15)22(19,20)17-12-18(2)3/h4-12H,1-3H3. The van der Waals surface area contributed by atoms with E-state index >= 15 is 0 Å². The molecule has 2 aromatic rings. The van der Waals surface area contributed by atoms with Gasteiger partial charge in [-0.15, -0.1) is 4.40 Å². The highest BCUT2D eigenvalue weighted by molar-refractivity contribution is 8.00. The lowest BCUT2D eigenvalue weighted by atomic mass is 10.2. The summed E-state index contributed by atoms with van der Waals surface area (Å²) in [7, 11) is -0.251. The monoisotopic (exact) mass is 334 g/mol. The fraction of sp³-hybridized carbons (Fsp3) is 0.188. The lowest BCUT2D eigenvalue weighted by Crippen LogP contribution is -2.10. The van der Waals surface area contributed by atoms with Crippen molar-refractivity contribution in [3.8, 4) is 0 Å². The summed E-state index contributed by atoms with van der Waals surface area (Å²) in [6.07, 6.45) is 1.29. The van der Waals surface area contributed by atoms with Gasteiger partial charge in [0.15, 0.2) is 0 Å². The summed E-state index contributed by atoms with van der Waals surface area (Å²) in [6, 6.07) is 14.9. The van der Waals surface area contributed by atoms with E-state index in [0.717, 1.165) is 4.90 Å². The molecule has 6 heteroatoms. The molecule has 0 amide bonds. The number of sulfonamides is 1. The van der Waals surface area contributed by atoms with Gasteiger partial charge in [0.1, 0.15) is 11.2 Å². The first-order valence-electron chi connectivity index (χ1n) is 6.69. The Morgan fingerprint density at radius 3 is 2.32 bits per heavy atom. The molecule has 2 aromatic carbocycles. The number of hydrogen-bond acceptors (Lipinski definition) is 3. The normalized spacial score (nSPS) is 11.8. The van der Waals surface area contributed by atoms with E-state index in [1.165, 1.54) is 23.7 Å². The second-order valence-electron chi connectivity index (χ2n) is 5.02. The third kappa shape index (κ3) is 4.35. The van der Waals surface area contributed by atoms with Gasteiger partial charge in [-0.25, -0.2) is 0 Å². The molecule has 0 fully saturated rings. The number of rotatable bonds is 5. The highest BCUT2D eigenvalue weighted by Crippen LogP contribution is 2.33. The largest absolute Gasteiger partial charge is 0.368 e. The first kappa shape index (κ1) is 16.6. The van der Waals surface area contributed by atoms with Gasteiger partial charge in [-0.05, 0) is 31.2 Å². The van der Waals surface area contributed by atoms with Crippen molar-refractivity contribution in [3.05, 3.63) is 54.1 Å². The zero-order valence-corrected chi connectivity index (χ0v) is 14.4. The summed E-state index contributed by atoms with van der Waals surface area (Å²) in [5.74, 6) is 0. The molecule has 0 spiro atoms. The van der Waals surface area contributed by atoms with Crippen LogP contribution in [0.15, 0.2) is 67.6 Å². The van der Waals surface area contributed by atoms with Crippen molar-refractivity contribution >= 4 is 28.1 Å². The average molecular weight is 334 g/mol. The van der Waals surface area contributed by atoms with Gasteiger partial charge in [-0.1, -0.05) is 41.6 Å². The smallest absolute Gasteiger partial charge is 0.284 e. The van der Waals surface area contributed by atoms with E-state index in [1.807, 2.05) is 37.3 Å². The van der Waals surface area contributed by atoms with E-state index in [1.54, 1.807) is 37.2 Å². The maximum Gasteiger partial charge on any atom is 0.284 e. The van der Waals surface area contributed by atoms with Crippen molar-refractivity contribution in [2.24, 2.45) is 4.40 Å². The van der Waals surface area contributed by atoms with Crippen molar-refractivity contribution in [1.29, 1.82) is 0 Å². The molecule has 4 nitrogen and oxygen atoms in total. The molecule has 0 aliphatic rings. The Kier molecular flexibility index (Phi) is 5.26. The van der Waals surface area contributed by atoms with E-state index in [-0.39, 0.29) is 4.90 Å². The molecule has 0 atom stereocenters. The first-order chi connectivity index (χ1) is 10.4. The van der Waals surface area contributed by atoms with Crippen LogP contribution in [0.5, 0.6) is 0 Å². The summed E-state index contributed by atoms with van der Waals surface area (Å²) in [4.78, 5) is 3.47. The molecule has 0 unspecified atom stereocenters. The predicted molar refractivity (Wildman–Crippen MR) is 91.1 cm³/mol. The SMILES string of the molecule is Cc1ccc(Sc2ccccc2S(=O)(=O)N=CN(C)C)cc1. The fourth-order valence-electron chi connectivity index (χ4n) is 1.69. The maximum atomic E-state index is 12.4. The van der Waals surface area contributed by atoms with Gasteiger partial charge in [0.05, 0.1) is 0 Å². The van der Waals surface area contributed by atoms with E-state index in [0.29, 0.717) is 4.90 Å². The Hall–Kier alpha value is -1.79. The van der Waals surface area contributed by atoms with Crippen molar-refractivity contribution in [2.45, 2.75) is 21.6 Å². The molecular weight excluding hydrogens is 316 g/mol. The zero-order valence-electron chi connectivity index (χ0n) is 12.7. The molecule has 0 saturated carbocycles. The highest BCUT2D eigenvalue weighted by atomic mass is 32.2. The molecule has 2 rings (SSSR count). The molecular formula is C16H18N2O2S2. The molecule has 0 aliphatic heterocycles. The Morgan fingerprint density at radius 2 is 1.68 bits per heavy atom. The lowest BCUT2D eigenvalue weighted by molar-refractivity contribution is 0.593. The van der Waals surface area contributed by atoms with Gasteiger partial charge in [0, 0.05) is 23.9 Å². The van der Waals surface area contributed by atoms with Crippen LogP contribution >= 0.6 is 11.8 Å². The minimum Gasteiger partial charge on any atom is -0.368 e.